The van der Waals surface area contributed by atoms with Gasteiger partial charge in [0.25, 0.3) is 0 Å². The fourth-order valence-electron chi connectivity index (χ4n) is 2.93. The monoisotopic (exact) mass is 277 g/mol. The maximum Gasteiger partial charge on any atom is 0.124 e. The minimum absolute atomic E-state index is 0.116. The first kappa shape index (κ1) is 15.3. The second kappa shape index (κ2) is 7.65. The lowest BCUT2D eigenvalue weighted by Crippen LogP contribution is -2.26. The predicted octanol–water partition coefficient (Wildman–Crippen LogP) is 3.68. The SMILES string of the molecule is CCOc1ccccc1C(N)COC1CCCC(C)C1. The van der Waals surface area contributed by atoms with Gasteiger partial charge in [0.05, 0.1) is 25.4 Å². The first-order valence-corrected chi connectivity index (χ1v) is 7.79. The molecule has 1 aliphatic rings. The van der Waals surface area contributed by atoms with E-state index in [4.69, 9.17) is 15.2 Å². The van der Waals surface area contributed by atoms with E-state index < -0.39 is 0 Å². The van der Waals surface area contributed by atoms with Gasteiger partial charge in [-0.2, -0.15) is 0 Å². The molecule has 3 unspecified atom stereocenters. The third-order valence-electron chi connectivity index (χ3n) is 4.02. The molecule has 0 radical (unpaired) electrons. The molecule has 112 valence electrons. The lowest BCUT2D eigenvalue weighted by molar-refractivity contribution is 0.00824. The second-order valence-corrected chi connectivity index (χ2v) is 5.80. The van der Waals surface area contributed by atoms with Crippen molar-refractivity contribution in [2.24, 2.45) is 11.7 Å². The normalized spacial score (nSPS) is 24.4. The zero-order valence-electron chi connectivity index (χ0n) is 12.7. The minimum atomic E-state index is -0.116. The van der Waals surface area contributed by atoms with Crippen LogP contribution in [-0.4, -0.2) is 19.3 Å². The quantitative estimate of drug-likeness (QED) is 0.862. The minimum Gasteiger partial charge on any atom is -0.494 e. The van der Waals surface area contributed by atoms with E-state index in [1.807, 2.05) is 31.2 Å². The van der Waals surface area contributed by atoms with Crippen LogP contribution in [0.5, 0.6) is 5.75 Å². The maximum atomic E-state index is 6.27. The average Bonchev–Trinajstić information content (AvgIpc) is 2.46. The molecule has 1 fully saturated rings. The smallest absolute Gasteiger partial charge is 0.124 e. The summed E-state index contributed by atoms with van der Waals surface area (Å²) in [6.45, 7) is 5.52. The fourth-order valence-corrected chi connectivity index (χ4v) is 2.93. The fraction of sp³-hybridized carbons (Fsp3) is 0.647. The summed E-state index contributed by atoms with van der Waals surface area (Å²) in [5.74, 6) is 1.66. The topological polar surface area (TPSA) is 44.5 Å². The van der Waals surface area contributed by atoms with E-state index in [1.165, 1.54) is 25.7 Å². The van der Waals surface area contributed by atoms with Crippen molar-refractivity contribution in [3.05, 3.63) is 29.8 Å². The van der Waals surface area contributed by atoms with Crippen LogP contribution < -0.4 is 10.5 Å². The summed E-state index contributed by atoms with van der Waals surface area (Å²) in [4.78, 5) is 0. The van der Waals surface area contributed by atoms with Crippen molar-refractivity contribution in [2.75, 3.05) is 13.2 Å². The van der Waals surface area contributed by atoms with Gasteiger partial charge in [-0.1, -0.05) is 38.0 Å². The zero-order valence-corrected chi connectivity index (χ0v) is 12.7. The second-order valence-electron chi connectivity index (χ2n) is 5.80. The highest BCUT2D eigenvalue weighted by molar-refractivity contribution is 5.35. The van der Waals surface area contributed by atoms with Gasteiger partial charge in [0.2, 0.25) is 0 Å². The molecule has 2 rings (SSSR count). The summed E-state index contributed by atoms with van der Waals surface area (Å²) < 4.78 is 11.7. The van der Waals surface area contributed by atoms with Crippen molar-refractivity contribution in [1.29, 1.82) is 0 Å². The molecule has 3 atom stereocenters. The number of para-hydroxylation sites is 1. The van der Waals surface area contributed by atoms with Gasteiger partial charge in [-0.05, 0) is 31.7 Å². The van der Waals surface area contributed by atoms with Crippen molar-refractivity contribution < 1.29 is 9.47 Å². The van der Waals surface area contributed by atoms with Crippen LogP contribution in [0.15, 0.2) is 24.3 Å². The first-order valence-electron chi connectivity index (χ1n) is 7.79. The third-order valence-corrected chi connectivity index (χ3v) is 4.02. The summed E-state index contributed by atoms with van der Waals surface area (Å²) in [7, 11) is 0. The molecular weight excluding hydrogens is 250 g/mol. The lowest BCUT2D eigenvalue weighted by atomic mass is 9.89. The van der Waals surface area contributed by atoms with E-state index >= 15 is 0 Å². The van der Waals surface area contributed by atoms with Gasteiger partial charge in [-0.25, -0.2) is 0 Å². The molecule has 0 aromatic heterocycles. The molecule has 2 N–H and O–H groups in total. The van der Waals surface area contributed by atoms with E-state index in [-0.39, 0.29) is 6.04 Å². The van der Waals surface area contributed by atoms with Crippen LogP contribution in [0.2, 0.25) is 0 Å². The Bertz CT molecular complexity index is 408. The Morgan fingerprint density at radius 2 is 2.10 bits per heavy atom. The van der Waals surface area contributed by atoms with Gasteiger partial charge in [0, 0.05) is 5.56 Å². The first-order chi connectivity index (χ1) is 9.70. The molecule has 0 bridgehead atoms. The van der Waals surface area contributed by atoms with E-state index in [0.29, 0.717) is 19.3 Å². The Balaban J connectivity index is 1.89. The van der Waals surface area contributed by atoms with Gasteiger partial charge in [-0.15, -0.1) is 0 Å². The van der Waals surface area contributed by atoms with E-state index in [9.17, 15) is 0 Å². The van der Waals surface area contributed by atoms with Crippen molar-refractivity contribution in [1.82, 2.24) is 0 Å². The van der Waals surface area contributed by atoms with Crippen LogP contribution in [0, 0.1) is 5.92 Å². The van der Waals surface area contributed by atoms with E-state index in [2.05, 4.69) is 6.92 Å². The average molecular weight is 277 g/mol. The van der Waals surface area contributed by atoms with Gasteiger partial charge >= 0.3 is 0 Å². The van der Waals surface area contributed by atoms with Crippen LogP contribution in [-0.2, 0) is 4.74 Å². The van der Waals surface area contributed by atoms with Gasteiger partial charge in [0.1, 0.15) is 5.75 Å². The molecular formula is C17H27NO2. The zero-order chi connectivity index (χ0) is 14.4. The summed E-state index contributed by atoms with van der Waals surface area (Å²) in [6.07, 6.45) is 5.32. The van der Waals surface area contributed by atoms with E-state index in [1.54, 1.807) is 0 Å². The van der Waals surface area contributed by atoms with Crippen LogP contribution in [0.1, 0.15) is 51.1 Å². The van der Waals surface area contributed by atoms with Gasteiger partial charge < -0.3 is 15.2 Å². The molecule has 0 heterocycles. The molecule has 1 aromatic rings. The molecule has 0 aliphatic heterocycles. The largest absolute Gasteiger partial charge is 0.494 e. The summed E-state index contributed by atoms with van der Waals surface area (Å²) in [5, 5.41) is 0. The van der Waals surface area contributed by atoms with Crippen LogP contribution >= 0.6 is 0 Å². The van der Waals surface area contributed by atoms with Crippen molar-refractivity contribution in [3.8, 4) is 5.75 Å². The highest BCUT2D eigenvalue weighted by Gasteiger charge is 2.21. The maximum absolute atomic E-state index is 6.27. The van der Waals surface area contributed by atoms with Crippen LogP contribution in [0.25, 0.3) is 0 Å². The number of nitrogens with two attached hydrogens (primary N) is 1. The molecule has 3 heteroatoms. The van der Waals surface area contributed by atoms with Gasteiger partial charge in [-0.3, -0.25) is 0 Å². The lowest BCUT2D eigenvalue weighted by Gasteiger charge is -2.28. The Labute approximate surface area is 122 Å². The molecule has 3 nitrogen and oxygen atoms in total. The Kier molecular flexibility index (Phi) is 5.86. The number of ether oxygens (including phenoxy) is 2. The van der Waals surface area contributed by atoms with Crippen molar-refractivity contribution in [2.45, 2.75) is 51.7 Å². The molecule has 1 aromatic carbocycles. The van der Waals surface area contributed by atoms with Crippen LogP contribution in [0.4, 0.5) is 0 Å². The predicted molar refractivity (Wildman–Crippen MR) is 81.9 cm³/mol. The number of hydrogen-bond donors (Lipinski definition) is 1. The number of rotatable bonds is 6. The number of hydrogen-bond acceptors (Lipinski definition) is 3. The molecule has 20 heavy (non-hydrogen) atoms. The third kappa shape index (κ3) is 4.22. The molecule has 0 spiro atoms. The van der Waals surface area contributed by atoms with E-state index in [0.717, 1.165) is 17.2 Å². The molecule has 1 saturated carbocycles. The van der Waals surface area contributed by atoms with Gasteiger partial charge in [0.15, 0.2) is 0 Å². The highest BCUT2D eigenvalue weighted by Crippen LogP contribution is 2.28. The summed E-state index contributed by atoms with van der Waals surface area (Å²) in [6, 6.07) is 7.87. The standard InChI is InChI=1S/C17H27NO2/c1-3-19-17-10-5-4-9-15(17)16(18)12-20-14-8-6-7-13(2)11-14/h4-5,9-10,13-14,16H,3,6-8,11-12,18H2,1-2H3. The number of benzene rings is 1. The summed E-state index contributed by atoms with van der Waals surface area (Å²) >= 11 is 0. The highest BCUT2D eigenvalue weighted by atomic mass is 16.5. The molecule has 1 aliphatic carbocycles. The van der Waals surface area contributed by atoms with Crippen molar-refractivity contribution in [3.63, 3.8) is 0 Å². The Morgan fingerprint density at radius 1 is 1.30 bits per heavy atom. The molecule has 0 amide bonds. The summed E-state index contributed by atoms with van der Waals surface area (Å²) in [5.41, 5.74) is 7.31. The van der Waals surface area contributed by atoms with Crippen LogP contribution in [0.3, 0.4) is 0 Å². The Hall–Kier alpha value is -1.06. The Morgan fingerprint density at radius 3 is 2.85 bits per heavy atom. The molecule has 0 saturated heterocycles. The van der Waals surface area contributed by atoms with Crippen molar-refractivity contribution >= 4 is 0 Å².